The van der Waals surface area contributed by atoms with Crippen LogP contribution in [0.3, 0.4) is 0 Å². The van der Waals surface area contributed by atoms with Crippen molar-refractivity contribution in [3.63, 3.8) is 0 Å². The minimum atomic E-state index is -0.456. The molecule has 1 N–H and O–H groups in total. The molecular formula is C19H33NO3. The highest BCUT2D eigenvalue weighted by molar-refractivity contribution is 5.27. The molecule has 1 rings (SSSR count). The van der Waals surface area contributed by atoms with Gasteiger partial charge >= 0.3 is 0 Å². The van der Waals surface area contributed by atoms with E-state index in [0.717, 1.165) is 25.3 Å². The maximum absolute atomic E-state index is 10.2. The van der Waals surface area contributed by atoms with Gasteiger partial charge in [0.05, 0.1) is 25.9 Å². The van der Waals surface area contributed by atoms with E-state index >= 15 is 0 Å². The lowest BCUT2D eigenvalue weighted by Crippen LogP contribution is -2.36. The SMILES string of the molecule is COc1ccc(CN(CCC(C)C)C[C@@H](O)COC(C)C)cc1. The van der Waals surface area contributed by atoms with Crippen LogP contribution < -0.4 is 4.74 Å². The van der Waals surface area contributed by atoms with Gasteiger partial charge < -0.3 is 14.6 Å². The molecule has 0 amide bonds. The van der Waals surface area contributed by atoms with Crippen molar-refractivity contribution in [1.29, 1.82) is 0 Å². The molecule has 0 bridgehead atoms. The van der Waals surface area contributed by atoms with Crippen LogP contribution in [0.1, 0.15) is 39.7 Å². The Bertz CT molecular complexity index is 417. The first kappa shape index (κ1) is 19.9. The molecule has 0 aliphatic carbocycles. The molecule has 0 saturated carbocycles. The number of aliphatic hydroxyl groups excluding tert-OH is 1. The lowest BCUT2D eigenvalue weighted by Gasteiger charge is -2.26. The molecule has 0 spiro atoms. The van der Waals surface area contributed by atoms with Gasteiger partial charge in [-0.1, -0.05) is 26.0 Å². The molecule has 1 atom stereocenters. The zero-order valence-electron chi connectivity index (χ0n) is 15.3. The molecule has 0 radical (unpaired) electrons. The Morgan fingerprint density at radius 3 is 2.26 bits per heavy atom. The predicted octanol–water partition coefficient (Wildman–Crippen LogP) is 3.33. The van der Waals surface area contributed by atoms with Crippen LogP contribution in [0.25, 0.3) is 0 Å². The smallest absolute Gasteiger partial charge is 0.118 e. The minimum absolute atomic E-state index is 0.148. The van der Waals surface area contributed by atoms with Crippen LogP contribution in [0, 0.1) is 5.92 Å². The maximum atomic E-state index is 10.2. The predicted molar refractivity (Wildman–Crippen MR) is 94.8 cm³/mol. The Labute approximate surface area is 141 Å². The molecular weight excluding hydrogens is 290 g/mol. The zero-order valence-corrected chi connectivity index (χ0v) is 15.3. The first-order valence-electron chi connectivity index (χ1n) is 8.55. The molecule has 0 aromatic heterocycles. The fraction of sp³-hybridized carbons (Fsp3) is 0.684. The zero-order chi connectivity index (χ0) is 17.2. The summed E-state index contributed by atoms with van der Waals surface area (Å²) in [6, 6.07) is 8.12. The Balaban J connectivity index is 2.59. The lowest BCUT2D eigenvalue weighted by atomic mass is 10.1. The summed E-state index contributed by atoms with van der Waals surface area (Å²) >= 11 is 0. The van der Waals surface area contributed by atoms with Crippen LogP contribution in [-0.2, 0) is 11.3 Å². The molecule has 4 nitrogen and oxygen atoms in total. The average Bonchev–Trinajstić information content (AvgIpc) is 2.51. The molecule has 0 heterocycles. The Kier molecular flexibility index (Phi) is 9.22. The van der Waals surface area contributed by atoms with Gasteiger partial charge in [-0.3, -0.25) is 4.90 Å². The molecule has 0 unspecified atom stereocenters. The van der Waals surface area contributed by atoms with Gasteiger partial charge in [-0.15, -0.1) is 0 Å². The summed E-state index contributed by atoms with van der Waals surface area (Å²) in [5.74, 6) is 1.52. The van der Waals surface area contributed by atoms with Gasteiger partial charge in [-0.2, -0.15) is 0 Å². The van der Waals surface area contributed by atoms with E-state index in [9.17, 15) is 5.11 Å². The van der Waals surface area contributed by atoms with E-state index < -0.39 is 6.10 Å². The summed E-state index contributed by atoms with van der Waals surface area (Å²) < 4.78 is 10.7. The third-order valence-corrected chi connectivity index (χ3v) is 3.68. The largest absolute Gasteiger partial charge is 0.497 e. The number of benzene rings is 1. The van der Waals surface area contributed by atoms with Crippen LogP contribution in [0.5, 0.6) is 5.75 Å². The van der Waals surface area contributed by atoms with Gasteiger partial charge in [-0.05, 0) is 50.4 Å². The van der Waals surface area contributed by atoms with Gasteiger partial charge in [0.1, 0.15) is 5.75 Å². The van der Waals surface area contributed by atoms with Crippen molar-refractivity contribution >= 4 is 0 Å². The van der Waals surface area contributed by atoms with Gasteiger partial charge in [-0.25, -0.2) is 0 Å². The normalized spacial score (nSPS) is 13.1. The second-order valence-corrected chi connectivity index (χ2v) is 6.80. The quantitative estimate of drug-likeness (QED) is 0.678. The lowest BCUT2D eigenvalue weighted by molar-refractivity contribution is -0.00997. The molecule has 4 heteroatoms. The third kappa shape index (κ3) is 8.94. The topological polar surface area (TPSA) is 41.9 Å². The fourth-order valence-electron chi connectivity index (χ4n) is 2.32. The minimum Gasteiger partial charge on any atom is -0.497 e. The van der Waals surface area contributed by atoms with Crippen LogP contribution in [0.15, 0.2) is 24.3 Å². The standard InChI is InChI=1S/C19H33NO3/c1-15(2)10-11-20(13-18(21)14-23-16(3)4)12-17-6-8-19(22-5)9-7-17/h6-9,15-16,18,21H,10-14H2,1-5H3/t18-/m1/s1. The molecule has 0 aliphatic rings. The number of rotatable bonds is 11. The molecule has 132 valence electrons. The van der Waals surface area contributed by atoms with Crippen LogP contribution in [0.4, 0.5) is 0 Å². The summed E-state index contributed by atoms with van der Waals surface area (Å²) in [6.07, 6.45) is 0.812. The number of hydrogen-bond donors (Lipinski definition) is 1. The van der Waals surface area contributed by atoms with Crippen molar-refractivity contribution < 1.29 is 14.6 Å². The molecule has 1 aromatic rings. The van der Waals surface area contributed by atoms with E-state index in [-0.39, 0.29) is 6.10 Å². The van der Waals surface area contributed by atoms with Crippen LogP contribution in [0.2, 0.25) is 0 Å². The molecule has 0 saturated heterocycles. The highest BCUT2D eigenvalue weighted by Crippen LogP contribution is 2.14. The van der Waals surface area contributed by atoms with Gasteiger partial charge in [0.25, 0.3) is 0 Å². The van der Waals surface area contributed by atoms with Crippen molar-refractivity contribution in [2.24, 2.45) is 5.92 Å². The summed E-state index contributed by atoms with van der Waals surface area (Å²) in [7, 11) is 1.68. The third-order valence-electron chi connectivity index (χ3n) is 3.68. The Morgan fingerprint density at radius 2 is 1.74 bits per heavy atom. The summed E-state index contributed by atoms with van der Waals surface area (Å²) in [4.78, 5) is 2.30. The van der Waals surface area contributed by atoms with Gasteiger partial charge in [0, 0.05) is 13.1 Å². The number of methoxy groups -OCH3 is 1. The van der Waals surface area contributed by atoms with E-state index in [4.69, 9.17) is 9.47 Å². The second-order valence-electron chi connectivity index (χ2n) is 6.80. The molecule has 23 heavy (non-hydrogen) atoms. The average molecular weight is 323 g/mol. The van der Waals surface area contributed by atoms with E-state index in [1.807, 2.05) is 26.0 Å². The molecule has 1 aromatic carbocycles. The van der Waals surface area contributed by atoms with Crippen molar-refractivity contribution in [2.45, 2.75) is 52.9 Å². The summed E-state index contributed by atoms with van der Waals surface area (Å²) in [5.41, 5.74) is 1.23. The highest BCUT2D eigenvalue weighted by atomic mass is 16.5. The number of hydrogen-bond acceptors (Lipinski definition) is 4. The monoisotopic (exact) mass is 323 g/mol. The number of nitrogens with zero attached hydrogens (tertiary/aromatic N) is 1. The van der Waals surface area contributed by atoms with Gasteiger partial charge in [0.2, 0.25) is 0 Å². The van der Waals surface area contributed by atoms with E-state index in [1.165, 1.54) is 5.56 Å². The number of ether oxygens (including phenoxy) is 2. The van der Waals surface area contributed by atoms with Crippen molar-refractivity contribution in [3.8, 4) is 5.75 Å². The summed E-state index contributed by atoms with van der Waals surface area (Å²) in [5, 5.41) is 10.2. The highest BCUT2D eigenvalue weighted by Gasteiger charge is 2.14. The second kappa shape index (κ2) is 10.6. The van der Waals surface area contributed by atoms with E-state index in [1.54, 1.807) is 7.11 Å². The maximum Gasteiger partial charge on any atom is 0.118 e. The van der Waals surface area contributed by atoms with Crippen molar-refractivity contribution in [1.82, 2.24) is 4.90 Å². The van der Waals surface area contributed by atoms with E-state index in [2.05, 4.69) is 30.9 Å². The van der Waals surface area contributed by atoms with Crippen LogP contribution in [-0.4, -0.2) is 49.0 Å². The first-order valence-corrected chi connectivity index (χ1v) is 8.55. The Hall–Kier alpha value is -1.10. The fourth-order valence-corrected chi connectivity index (χ4v) is 2.32. The molecule has 0 fully saturated rings. The first-order chi connectivity index (χ1) is 10.9. The Morgan fingerprint density at radius 1 is 1.09 bits per heavy atom. The summed E-state index contributed by atoms with van der Waals surface area (Å²) in [6.45, 7) is 11.2. The van der Waals surface area contributed by atoms with Gasteiger partial charge in [0.15, 0.2) is 0 Å². The number of aliphatic hydroxyl groups is 1. The van der Waals surface area contributed by atoms with Crippen molar-refractivity contribution in [3.05, 3.63) is 29.8 Å². The molecule has 0 aliphatic heterocycles. The van der Waals surface area contributed by atoms with Crippen molar-refractivity contribution in [2.75, 3.05) is 26.8 Å². The van der Waals surface area contributed by atoms with Crippen LogP contribution >= 0.6 is 0 Å². The van der Waals surface area contributed by atoms with E-state index in [0.29, 0.717) is 19.1 Å².